The Balaban J connectivity index is 1.79. The Morgan fingerprint density at radius 1 is 1.50 bits per heavy atom. The number of nitriles is 1. The highest BCUT2D eigenvalue weighted by Crippen LogP contribution is 2.37. The zero-order valence-corrected chi connectivity index (χ0v) is 12.1. The Bertz CT molecular complexity index is 614. The summed E-state index contributed by atoms with van der Waals surface area (Å²) < 4.78 is 7.48. The molecule has 0 N–H and O–H groups in total. The van der Waals surface area contributed by atoms with Gasteiger partial charge in [0.15, 0.2) is 16.7 Å². The molecule has 2 aromatic rings. The lowest BCUT2D eigenvalue weighted by Crippen LogP contribution is -2.03. The summed E-state index contributed by atoms with van der Waals surface area (Å²) in [5.41, 5.74) is 0. The molecule has 0 radical (unpaired) electrons. The van der Waals surface area contributed by atoms with Crippen molar-refractivity contribution < 1.29 is 4.42 Å². The SMILES string of the molecule is CCn1c(S[C@H]2CC[C@@H](C#N)C2)nnc1-c1ccco1. The second-order valence-corrected chi connectivity index (χ2v) is 6.17. The topological polar surface area (TPSA) is 67.6 Å². The van der Waals surface area contributed by atoms with E-state index >= 15 is 0 Å². The lowest BCUT2D eigenvalue weighted by molar-refractivity contribution is 0.566. The van der Waals surface area contributed by atoms with Crippen LogP contribution in [0, 0.1) is 17.2 Å². The highest BCUT2D eigenvalue weighted by Gasteiger charge is 2.27. The highest BCUT2D eigenvalue weighted by molar-refractivity contribution is 7.99. The van der Waals surface area contributed by atoms with Crippen LogP contribution in [-0.4, -0.2) is 20.0 Å². The van der Waals surface area contributed by atoms with E-state index in [2.05, 4.69) is 27.8 Å². The first kappa shape index (κ1) is 13.3. The van der Waals surface area contributed by atoms with Crippen LogP contribution in [0.2, 0.25) is 0 Å². The van der Waals surface area contributed by atoms with E-state index in [9.17, 15) is 0 Å². The van der Waals surface area contributed by atoms with Gasteiger partial charge in [0.05, 0.1) is 12.3 Å². The van der Waals surface area contributed by atoms with Crippen LogP contribution in [0.3, 0.4) is 0 Å². The average Bonchev–Trinajstić information content (AvgIpc) is 3.19. The van der Waals surface area contributed by atoms with Crippen molar-refractivity contribution >= 4 is 11.8 Å². The quantitative estimate of drug-likeness (QED) is 0.863. The minimum Gasteiger partial charge on any atom is -0.461 e. The molecule has 104 valence electrons. The minimum atomic E-state index is 0.204. The second-order valence-electron chi connectivity index (χ2n) is 4.91. The third-order valence-corrected chi connectivity index (χ3v) is 4.89. The largest absolute Gasteiger partial charge is 0.461 e. The molecule has 3 rings (SSSR count). The third kappa shape index (κ3) is 2.46. The van der Waals surface area contributed by atoms with Gasteiger partial charge >= 0.3 is 0 Å². The standard InChI is InChI=1S/C14H16N4OS/c1-2-18-13(12-4-3-7-19-12)16-17-14(18)20-11-6-5-10(8-11)9-15/h3-4,7,10-11H,2,5-6,8H2,1H3/t10-,11+/m1/s1. The molecular weight excluding hydrogens is 272 g/mol. The first-order valence-corrected chi connectivity index (χ1v) is 7.73. The zero-order chi connectivity index (χ0) is 13.9. The van der Waals surface area contributed by atoms with Crippen LogP contribution < -0.4 is 0 Å². The molecule has 0 spiro atoms. The third-order valence-electron chi connectivity index (χ3n) is 3.61. The van der Waals surface area contributed by atoms with Crippen molar-refractivity contribution in [2.45, 2.75) is 43.1 Å². The molecular formula is C14H16N4OS. The van der Waals surface area contributed by atoms with Crippen molar-refractivity contribution in [3.05, 3.63) is 18.4 Å². The van der Waals surface area contributed by atoms with Crippen molar-refractivity contribution in [3.63, 3.8) is 0 Å². The molecule has 0 aromatic carbocycles. The van der Waals surface area contributed by atoms with Gasteiger partial charge in [-0.15, -0.1) is 10.2 Å². The fourth-order valence-electron chi connectivity index (χ4n) is 2.56. The van der Waals surface area contributed by atoms with E-state index in [-0.39, 0.29) is 5.92 Å². The summed E-state index contributed by atoms with van der Waals surface area (Å²) in [5, 5.41) is 18.9. The summed E-state index contributed by atoms with van der Waals surface area (Å²) in [6.07, 6.45) is 4.67. The summed E-state index contributed by atoms with van der Waals surface area (Å²) in [4.78, 5) is 0. The summed E-state index contributed by atoms with van der Waals surface area (Å²) in [7, 11) is 0. The number of nitrogens with zero attached hydrogens (tertiary/aromatic N) is 4. The van der Waals surface area contributed by atoms with Gasteiger partial charge in [-0.25, -0.2) is 0 Å². The summed E-state index contributed by atoms with van der Waals surface area (Å²) in [6.45, 7) is 2.88. The van der Waals surface area contributed by atoms with E-state index < -0.39 is 0 Å². The van der Waals surface area contributed by atoms with Crippen LogP contribution in [-0.2, 0) is 6.54 Å². The van der Waals surface area contributed by atoms with Crippen molar-refractivity contribution in [1.82, 2.24) is 14.8 Å². The molecule has 20 heavy (non-hydrogen) atoms. The monoisotopic (exact) mass is 288 g/mol. The highest BCUT2D eigenvalue weighted by atomic mass is 32.2. The molecule has 1 aliphatic rings. The van der Waals surface area contributed by atoms with Gasteiger partial charge in [0, 0.05) is 17.7 Å². The summed E-state index contributed by atoms with van der Waals surface area (Å²) in [6, 6.07) is 6.11. The van der Waals surface area contributed by atoms with Crippen molar-refractivity contribution in [2.24, 2.45) is 5.92 Å². The maximum atomic E-state index is 8.97. The number of aromatic nitrogens is 3. The number of thioether (sulfide) groups is 1. The lowest BCUT2D eigenvalue weighted by atomic mass is 10.1. The minimum absolute atomic E-state index is 0.204. The van der Waals surface area contributed by atoms with E-state index in [1.165, 1.54) is 0 Å². The van der Waals surface area contributed by atoms with Crippen molar-refractivity contribution in [3.8, 4) is 17.7 Å². The fourth-order valence-corrected chi connectivity index (χ4v) is 3.87. The number of hydrogen-bond donors (Lipinski definition) is 0. The predicted octanol–water partition coefficient (Wildman–Crippen LogP) is 3.34. The lowest BCUT2D eigenvalue weighted by Gasteiger charge is -2.09. The molecule has 1 fully saturated rings. The van der Waals surface area contributed by atoms with Crippen LogP contribution in [0.1, 0.15) is 26.2 Å². The number of furan rings is 1. The van der Waals surface area contributed by atoms with Crippen molar-refractivity contribution in [1.29, 1.82) is 5.26 Å². The molecule has 1 aliphatic carbocycles. The smallest absolute Gasteiger partial charge is 0.200 e. The van der Waals surface area contributed by atoms with Crippen LogP contribution in [0.15, 0.2) is 28.0 Å². The molecule has 0 aliphatic heterocycles. The van der Waals surface area contributed by atoms with Gasteiger partial charge in [0.2, 0.25) is 0 Å². The van der Waals surface area contributed by atoms with Gasteiger partial charge in [0.25, 0.3) is 0 Å². The Labute approximate surface area is 122 Å². The van der Waals surface area contributed by atoms with E-state index in [1.807, 2.05) is 12.1 Å². The molecule has 0 saturated heterocycles. The molecule has 2 atom stereocenters. The van der Waals surface area contributed by atoms with E-state index in [0.717, 1.165) is 42.5 Å². The van der Waals surface area contributed by atoms with Gasteiger partial charge in [-0.2, -0.15) is 5.26 Å². The number of hydrogen-bond acceptors (Lipinski definition) is 5. The zero-order valence-electron chi connectivity index (χ0n) is 11.3. The fraction of sp³-hybridized carbons (Fsp3) is 0.500. The van der Waals surface area contributed by atoms with Gasteiger partial charge < -0.3 is 4.42 Å². The molecule has 2 aromatic heterocycles. The van der Waals surface area contributed by atoms with Crippen LogP contribution in [0.4, 0.5) is 0 Å². The average molecular weight is 288 g/mol. The van der Waals surface area contributed by atoms with E-state index in [0.29, 0.717) is 5.25 Å². The Morgan fingerprint density at radius 2 is 2.40 bits per heavy atom. The molecule has 6 heteroatoms. The van der Waals surface area contributed by atoms with Gasteiger partial charge in [-0.1, -0.05) is 11.8 Å². The van der Waals surface area contributed by atoms with Gasteiger partial charge in [-0.3, -0.25) is 4.57 Å². The number of rotatable bonds is 4. The Kier molecular flexibility index (Phi) is 3.79. The summed E-state index contributed by atoms with van der Waals surface area (Å²) >= 11 is 1.74. The van der Waals surface area contributed by atoms with Crippen LogP contribution in [0.5, 0.6) is 0 Å². The summed E-state index contributed by atoms with van der Waals surface area (Å²) in [5.74, 6) is 1.72. The Hall–Kier alpha value is -1.74. The normalized spacial score (nSPS) is 22.0. The first-order valence-electron chi connectivity index (χ1n) is 6.85. The molecule has 5 nitrogen and oxygen atoms in total. The Morgan fingerprint density at radius 3 is 3.05 bits per heavy atom. The van der Waals surface area contributed by atoms with Crippen LogP contribution >= 0.6 is 11.8 Å². The molecule has 0 amide bonds. The van der Waals surface area contributed by atoms with Gasteiger partial charge in [0.1, 0.15) is 0 Å². The molecule has 2 heterocycles. The van der Waals surface area contributed by atoms with Crippen molar-refractivity contribution in [2.75, 3.05) is 0 Å². The molecule has 0 bridgehead atoms. The second kappa shape index (κ2) is 5.71. The maximum absolute atomic E-state index is 8.97. The van der Waals surface area contributed by atoms with E-state index in [4.69, 9.17) is 9.68 Å². The van der Waals surface area contributed by atoms with E-state index in [1.54, 1.807) is 18.0 Å². The first-order chi connectivity index (χ1) is 9.81. The van der Waals surface area contributed by atoms with Crippen LogP contribution in [0.25, 0.3) is 11.6 Å². The predicted molar refractivity (Wildman–Crippen MR) is 76.0 cm³/mol. The molecule has 1 saturated carbocycles. The maximum Gasteiger partial charge on any atom is 0.200 e. The van der Waals surface area contributed by atoms with Gasteiger partial charge in [-0.05, 0) is 38.3 Å². The molecule has 0 unspecified atom stereocenters.